The topological polar surface area (TPSA) is 72.7 Å². The van der Waals surface area contributed by atoms with Crippen LogP contribution in [0, 0.1) is 13.8 Å². The zero-order valence-corrected chi connectivity index (χ0v) is 14.0. The van der Waals surface area contributed by atoms with E-state index in [1.54, 1.807) is 12.1 Å². The van der Waals surface area contributed by atoms with E-state index in [1.165, 1.54) is 11.3 Å². The summed E-state index contributed by atoms with van der Waals surface area (Å²) >= 11 is 1.39. The maximum absolute atomic E-state index is 12.2. The van der Waals surface area contributed by atoms with Gasteiger partial charge in [-0.15, -0.1) is 10.2 Å². The van der Waals surface area contributed by atoms with Crippen molar-refractivity contribution in [2.45, 2.75) is 27.2 Å². The van der Waals surface area contributed by atoms with Crippen molar-refractivity contribution < 1.29 is 4.79 Å². The minimum atomic E-state index is -0.191. The second kappa shape index (κ2) is 6.29. The fourth-order valence-corrected chi connectivity index (χ4v) is 2.94. The molecule has 2 aromatic heterocycles. The van der Waals surface area contributed by atoms with Gasteiger partial charge in [-0.3, -0.25) is 10.1 Å². The molecule has 3 rings (SSSR count). The number of nitrogens with one attached hydrogen (secondary N) is 1. The number of amides is 1. The highest BCUT2D eigenvalue weighted by atomic mass is 32.1. The Morgan fingerprint density at radius 3 is 2.52 bits per heavy atom. The van der Waals surface area contributed by atoms with Crippen molar-refractivity contribution >= 4 is 22.4 Å². The van der Waals surface area contributed by atoms with Gasteiger partial charge in [0, 0.05) is 11.3 Å². The molecule has 0 atom stereocenters. The van der Waals surface area contributed by atoms with Crippen molar-refractivity contribution in [3.8, 4) is 5.69 Å². The van der Waals surface area contributed by atoms with Crippen LogP contribution in [0.1, 0.15) is 33.7 Å². The summed E-state index contributed by atoms with van der Waals surface area (Å²) in [6, 6.07) is 9.34. The molecule has 0 unspecified atom stereocenters. The lowest BCUT2D eigenvalue weighted by Crippen LogP contribution is -2.12. The molecule has 118 valence electrons. The third-order valence-corrected chi connectivity index (χ3v) is 4.36. The fraction of sp³-hybridized carbons (Fsp3) is 0.250. The maximum atomic E-state index is 12.2. The van der Waals surface area contributed by atoms with E-state index in [2.05, 4.69) is 20.6 Å². The molecule has 0 spiro atoms. The number of aromatic nitrogens is 4. The summed E-state index contributed by atoms with van der Waals surface area (Å²) in [5, 5.41) is 16.6. The van der Waals surface area contributed by atoms with Crippen molar-refractivity contribution in [3.63, 3.8) is 0 Å². The number of carbonyl (C=O) groups is 1. The molecule has 1 amide bonds. The first-order valence-corrected chi connectivity index (χ1v) is 8.16. The van der Waals surface area contributed by atoms with Crippen molar-refractivity contribution in [3.05, 3.63) is 52.3 Å². The molecule has 0 saturated heterocycles. The molecule has 0 fully saturated rings. The van der Waals surface area contributed by atoms with Gasteiger partial charge in [0.05, 0.1) is 11.4 Å². The van der Waals surface area contributed by atoms with Crippen LogP contribution in [-0.2, 0) is 6.42 Å². The van der Waals surface area contributed by atoms with E-state index in [9.17, 15) is 4.79 Å². The second-order valence-corrected chi connectivity index (χ2v) is 6.26. The average Bonchev–Trinajstić information content (AvgIpc) is 3.13. The Morgan fingerprint density at radius 2 is 1.96 bits per heavy atom. The molecule has 6 nitrogen and oxygen atoms in total. The number of carbonyl (C=O) groups excluding carboxylic acids is 1. The van der Waals surface area contributed by atoms with Crippen LogP contribution >= 0.6 is 11.3 Å². The lowest BCUT2D eigenvalue weighted by molar-refractivity contribution is 0.102. The number of aryl methyl sites for hydroxylation is 3. The Bertz CT molecular complexity index is 835. The minimum Gasteiger partial charge on any atom is -0.296 e. The van der Waals surface area contributed by atoms with Crippen molar-refractivity contribution in [1.82, 2.24) is 20.0 Å². The smallest absolute Gasteiger partial charge is 0.257 e. The molecular weight excluding hydrogens is 310 g/mol. The molecule has 0 radical (unpaired) electrons. The zero-order chi connectivity index (χ0) is 16.4. The van der Waals surface area contributed by atoms with Crippen LogP contribution in [-0.4, -0.2) is 25.9 Å². The molecule has 7 heteroatoms. The Morgan fingerprint density at radius 1 is 1.22 bits per heavy atom. The Balaban J connectivity index is 1.76. The number of rotatable bonds is 4. The van der Waals surface area contributed by atoms with Gasteiger partial charge in [-0.05, 0) is 50.6 Å². The highest BCUT2D eigenvalue weighted by molar-refractivity contribution is 7.15. The van der Waals surface area contributed by atoms with E-state index in [0.29, 0.717) is 10.7 Å². The van der Waals surface area contributed by atoms with E-state index in [4.69, 9.17) is 0 Å². The third kappa shape index (κ3) is 3.29. The minimum absolute atomic E-state index is 0.191. The Hall–Kier alpha value is -2.54. The molecule has 0 aliphatic rings. The summed E-state index contributed by atoms with van der Waals surface area (Å²) in [5.74, 6) is -0.191. The van der Waals surface area contributed by atoms with Crippen LogP contribution in [0.5, 0.6) is 0 Å². The van der Waals surface area contributed by atoms with Crippen LogP contribution in [0.15, 0.2) is 30.3 Å². The summed E-state index contributed by atoms with van der Waals surface area (Å²) in [6.07, 6.45) is 0.810. The summed E-state index contributed by atoms with van der Waals surface area (Å²) in [5.41, 5.74) is 3.52. The number of anilines is 1. The predicted molar refractivity (Wildman–Crippen MR) is 90.3 cm³/mol. The van der Waals surface area contributed by atoms with Crippen molar-refractivity contribution in [1.29, 1.82) is 0 Å². The molecule has 2 heterocycles. The Labute approximate surface area is 138 Å². The van der Waals surface area contributed by atoms with Gasteiger partial charge in [-0.25, -0.2) is 4.68 Å². The largest absolute Gasteiger partial charge is 0.296 e. The van der Waals surface area contributed by atoms with Gasteiger partial charge in [0.25, 0.3) is 5.91 Å². The number of benzene rings is 1. The van der Waals surface area contributed by atoms with E-state index in [-0.39, 0.29) is 5.91 Å². The zero-order valence-electron chi connectivity index (χ0n) is 13.2. The molecule has 23 heavy (non-hydrogen) atoms. The summed E-state index contributed by atoms with van der Waals surface area (Å²) in [7, 11) is 0. The first kappa shape index (κ1) is 15.4. The standard InChI is InChI=1S/C16H17N5OS/c1-4-14-18-19-16(23-14)17-15(22)12-5-7-13(8-6-12)21-11(3)9-10(2)20-21/h5-9H,4H2,1-3H3,(H,17,19,22). The van der Waals surface area contributed by atoms with Crippen LogP contribution in [0.4, 0.5) is 5.13 Å². The fourth-order valence-electron chi connectivity index (χ4n) is 2.26. The monoisotopic (exact) mass is 327 g/mol. The lowest BCUT2D eigenvalue weighted by atomic mass is 10.2. The molecule has 1 N–H and O–H groups in total. The van der Waals surface area contributed by atoms with Gasteiger partial charge < -0.3 is 0 Å². The second-order valence-electron chi connectivity index (χ2n) is 5.19. The molecular formula is C16H17N5OS. The molecule has 3 aromatic rings. The van der Waals surface area contributed by atoms with Gasteiger partial charge in [-0.1, -0.05) is 18.3 Å². The first-order chi connectivity index (χ1) is 11.1. The Kier molecular flexibility index (Phi) is 4.20. The van der Waals surface area contributed by atoms with Gasteiger partial charge in [0.15, 0.2) is 0 Å². The summed E-state index contributed by atoms with van der Waals surface area (Å²) < 4.78 is 1.86. The summed E-state index contributed by atoms with van der Waals surface area (Å²) in [4.78, 5) is 12.2. The van der Waals surface area contributed by atoms with E-state index in [0.717, 1.165) is 28.5 Å². The molecule has 0 bridgehead atoms. The average molecular weight is 327 g/mol. The van der Waals surface area contributed by atoms with Gasteiger partial charge >= 0.3 is 0 Å². The van der Waals surface area contributed by atoms with Crippen LogP contribution in [0.25, 0.3) is 5.69 Å². The third-order valence-electron chi connectivity index (χ3n) is 3.37. The predicted octanol–water partition coefficient (Wildman–Crippen LogP) is 3.16. The maximum Gasteiger partial charge on any atom is 0.257 e. The van der Waals surface area contributed by atoms with Crippen molar-refractivity contribution in [2.24, 2.45) is 0 Å². The highest BCUT2D eigenvalue weighted by Gasteiger charge is 2.10. The quantitative estimate of drug-likeness (QED) is 0.799. The van der Waals surface area contributed by atoms with E-state index < -0.39 is 0 Å². The summed E-state index contributed by atoms with van der Waals surface area (Å²) in [6.45, 7) is 5.96. The van der Waals surface area contributed by atoms with E-state index >= 15 is 0 Å². The normalized spacial score (nSPS) is 10.7. The molecule has 1 aromatic carbocycles. The van der Waals surface area contributed by atoms with Gasteiger partial charge in [-0.2, -0.15) is 5.10 Å². The van der Waals surface area contributed by atoms with Gasteiger partial charge in [0.2, 0.25) is 5.13 Å². The van der Waals surface area contributed by atoms with Crippen LogP contribution < -0.4 is 5.32 Å². The first-order valence-electron chi connectivity index (χ1n) is 7.34. The van der Waals surface area contributed by atoms with Crippen molar-refractivity contribution in [2.75, 3.05) is 5.32 Å². The molecule has 0 aliphatic carbocycles. The van der Waals surface area contributed by atoms with Crippen LogP contribution in [0.2, 0.25) is 0 Å². The SMILES string of the molecule is CCc1nnc(NC(=O)c2ccc(-n3nc(C)cc3C)cc2)s1. The number of hydrogen-bond donors (Lipinski definition) is 1. The number of nitrogens with zero attached hydrogens (tertiary/aromatic N) is 4. The molecule has 0 aliphatic heterocycles. The van der Waals surface area contributed by atoms with Crippen LogP contribution in [0.3, 0.4) is 0 Å². The highest BCUT2D eigenvalue weighted by Crippen LogP contribution is 2.17. The van der Waals surface area contributed by atoms with Gasteiger partial charge in [0.1, 0.15) is 5.01 Å². The molecule has 0 saturated carbocycles. The lowest BCUT2D eigenvalue weighted by Gasteiger charge is -2.06. The van der Waals surface area contributed by atoms with E-state index in [1.807, 2.05) is 43.7 Å². The number of hydrogen-bond acceptors (Lipinski definition) is 5.